The number of halogens is 1. The molecule has 4 heterocycles. The Bertz CT molecular complexity index is 723. The molecule has 2 fully saturated rings. The smallest absolute Gasteiger partial charge is 0.232 e. The molecular weight excluding hydrogens is 346 g/mol. The SMILES string of the molecule is O=C1N(Cc2cncs2)CC12CCCN(Cc1cnc(Cl)cn1)C2. The van der Waals surface area contributed by atoms with Gasteiger partial charge in [-0.15, -0.1) is 11.3 Å². The van der Waals surface area contributed by atoms with Gasteiger partial charge in [0.1, 0.15) is 5.15 Å². The lowest BCUT2D eigenvalue weighted by Crippen LogP contribution is -2.66. The summed E-state index contributed by atoms with van der Waals surface area (Å²) in [5.74, 6) is 0.280. The van der Waals surface area contributed by atoms with E-state index in [1.165, 1.54) is 0 Å². The van der Waals surface area contributed by atoms with E-state index in [-0.39, 0.29) is 11.3 Å². The highest BCUT2D eigenvalue weighted by Crippen LogP contribution is 2.41. The minimum absolute atomic E-state index is 0.206. The summed E-state index contributed by atoms with van der Waals surface area (Å²) < 4.78 is 0. The molecule has 24 heavy (non-hydrogen) atoms. The second kappa shape index (κ2) is 6.38. The first kappa shape index (κ1) is 15.9. The number of amides is 1. The van der Waals surface area contributed by atoms with E-state index in [9.17, 15) is 4.79 Å². The number of carbonyl (C=O) groups is 1. The van der Waals surface area contributed by atoms with E-state index >= 15 is 0 Å². The van der Waals surface area contributed by atoms with Crippen LogP contribution in [0.25, 0.3) is 0 Å². The van der Waals surface area contributed by atoms with Crippen molar-refractivity contribution in [3.8, 4) is 0 Å². The third-order valence-corrected chi connectivity index (χ3v) is 5.74. The Hall–Kier alpha value is -1.57. The summed E-state index contributed by atoms with van der Waals surface area (Å²) >= 11 is 7.38. The number of likely N-dealkylation sites (tertiary alicyclic amines) is 2. The number of nitrogens with zero attached hydrogens (tertiary/aromatic N) is 5. The Labute approximate surface area is 149 Å². The summed E-state index contributed by atoms with van der Waals surface area (Å²) in [5, 5.41) is 0.404. The topological polar surface area (TPSA) is 62.2 Å². The van der Waals surface area contributed by atoms with Crippen LogP contribution in [0.3, 0.4) is 0 Å². The van der Waals surface area contributed by atoms with Crippen LogP contribution in [0, 0.1) is 5.41 Å². The zero-order valence-electron chi connectivity index (χ0n) is 13.2. The fourth-order valence-electron chi connectivity index (χ4n) is 3.70. The molecule has 1 atom stereocenters. The van der Waals surface area contributed by atoms with Gasteiger partial charge < -0.3 is 4.90 Å². The second-order valence-corrected chi connectivity index (χ2v) is 7.91. The molecule has 4 rings (SSSR count). The Morgan fingerprint density at radius 1 is 1.21 bits per heavy atom. The van der Waals surface area contributed by atoms with Crippen LogP contribution in [-0.4, -0.2) is 50.3 Å². The Morgan fingerprint density at radius 3 is 2.83 bits per heavy atom. The number of aromatic nitrogens is 3. The van der Waals surface area contributed by atoms with Gasteiger partial charge in [-0.3, -0.25) is 19.7 Å². The van der Waals surface area contributed by atoms with Crippen LogP contribution in [0.2, 0.25) is 5.15 Å². The fourth-order valence-corrected chi connectivity index (χ4v) is 4.41. The third-order valence-electron chi connectivity index (χ3n) is 4.78. The van der Waals surface area contributed by atoms with E-state index < -0.39 is 0 Å². The van der Waals surface area contributed by atoms with E-state index in [1.807, 2.05) is 16.6 Å². The zero-order valence-corrected chi connectivity index (χ0v) is 14.8. The van der Waals surface area contributed by atoms with E-state index in [4.69, 9.17) is 11.6 Å². The first-order valence-corrected chi connectivity index (χ1v) is 9.26. The molecule has 1 spiro atoms. The molecule has 0 aliphatic carbocycles. The van der Waals surface area contributed by atoms with Gasteiger partial charge in [-0.25, -0.2) is 4.98 Å². The van der Waals surface area contributed by atoms with Crippen molar-refractivity contribution in [1.29, 1.82) is 0 Å². The monoisotopic (exact) mass is 363 g/mol. The molecule has 2 aliphatic heterocycles. The normalized spacial score (nSPS) is 24.4. The molecule has 6 nitrogen and oxygen atoms in total. The predicted octanol–water partition coefficient (Wildman–Crippen LogP) is 2.21. The van der Waals surface area contributed by atoms with Gasteiger partial charge in [-0.2, -0.15) is 0 Å². The summed E-state index contributed by atoms with van der Waals surface area (Å²) in [6, 6.07) is 0. The first-order valence-electron chi connectivity index (χ1n) is 8.00. The van der Waals surface area contributed by atoms with E-state index in [1.54, 1.807) is 23.7 Å². The van der Waals surface area contributed by atoms with Crippen molar-refractivity contribution in [1.82, 2.24) is 24.8 Å². The highest BCUT2D eigenvalue weighted by Gasteiger charge is 2.53. The maximum absolute atomic E-state index is 12.7. The van der Waals surface area contributed by atoms with E-state index in [0.29, 0.717) is 18.2 Å². The number of hydrogen-bond acceptors (Lipinski definition) is 6. The number of β-lactam (4-membered cyclic amide) rings is 1. The van der Waals surface area contributed by atoms with Crippen molar-refractivity contribution in [3.05, 3.63) is 39.8 Å². The second-order valence-electron chi connectivity index (χ2n) is 6.55. The van der Waals surface area contributed by atoms with Crippen LogP contribution in [0.5, 0.6) is 0 Å². The average Bonchev–Trinajstić information content (AvgIpc) is 3.10. The summed E-state index contributed by atoms with van der Waals surface area (Å²) in [7, 11) is 0. The number of carbonyl (C=O) groups excluding carboxylic acids is 1. The highest BCUT2D eigenvalue weighted by molar-refractivity contribution is 7.09. The van der Waals surface area contributed by atoms with Crippen LogP contribution in [0.15, 0.2) is 24.1 Å². The number of hydrogen-bond donors (Lipinski definition) is 0. The maximum Gasteiger partial charge on any atom is 0.232 e. The molecule has 0 saturated carbocycles. The zero-order chi connectivity index (χ0) is 16.6. The molecule has 2 aromatic rings. The summed E-state index contributed by atoms with van der Waals surface area (Å²) in [4.78, 5) is 30.6. The third kappa shape index (κ3) is 3.03. The Kier molecular flexibility index (Phi) is 4.24. The van der Waals surface area contributed by atoms with Crippen LogP contribution in [0.4, 0.5) is 0 Å². The van der Waals surface area contributed by atoms with Crippen molar-refractivity contribution < 1.29 is 4.79 Å². The minimum atomic E-state index is -0.206. The summed E-state index contributed by atoms with van der Waals surface area (Å²) in [6.45, 7) is 4.04. The molecule has 0 aromatic carbocycles. The lowest BCUT2D eigenvalue weighted by molar-refractivity contribution is -0.167. The Balaban J connectivity index is 1.38. The van der Waals surface area contributed by atoms with Crippen molar-refractivity contribution in [2.24, 2.45) is 5.41 Å². The number of thiazole rings is 1. The highest BCUT2D eigenvalue weighted by atomic mass is 35.5. The van der Waals surface area contributed by atoms with Crippen molar-refractivity contribution in [3.63, 3.8) is 0 Å². The molecule has 1 amide bonds. The van der Waals surface area contributed by atoms with Gasteiger partial charge >= 0.3 is 0 Å². The molecule has 1 unspecified atom stereocenters. The minimum Gasteiger partial charge on any atom is -0.336 e. The standard InChI is InChI=1S/C16H18ClN5OS/c17-14-6-19-12(4-20-14)7-21-3-1-2-16(9-21)10-22(15(16)23)8-13-5-18-11-24-13/h4-6,11H,1-3,7-10H2. The molecule has 2 aromatic heterocycles. The molecule has 126 valence electrons. The number of rotatable bonds is 4. The lowest BCUT2D eigenvalue weighted by Gasteiger charge is -2.53. The van der Waals surface area contributed by atoms with Gasteiger partial charge in [0, 0.05) is 30.7 Å². The predicted molar refractivity (Wildman–Crippen MR) is 91.5 cm³/mol. The summed E-state index contributed by atoms with van der Waals surface area (Å²) in [5.41, 5.74) is 2.50. The molecule has 0 bridgehead atoms. The van der Waals surface area contributed by atoms with Crippen molar-refractivity contribution in [2.75, 3.05) is 19.6 Å². The van der Waals surface area contributed by atoms with E-state index in [2.05, 4.69) is 19.9 Å². The largest absolute Gasteiger partial charge is 0.336 e. The molecule has 0 N–H and O–H groups in total. The molecule has 2 saturated heterocycles. The van der Waals surface area contributed by atoms with Gasteiger partial charge in [0.15, 0.2) is 0 Å². The fraction of sp³-hybridized carbons (Fsp3) is 0.500. The molecule has 8 heteroatoms. The maximum atomic E-state index is 12.7. The summed E-state index contributed by atoms with van der Waals surface area (Å²) in [6.07, 6.45) is 7.15. The molecular formula is C16H18ClN5OS. The van der Waals surface area contributed by atoms with Gasteiger partial charge in [0.25, 0.3) is 0 Å². The van der Waals surface area contributed by atoms with E-state index in [0.717, 1.165) is 43.0 Å². The number of piperidine rings is 1. The van der Waals surface area contributed by atoms with Crippen LogP contribution >= 0.6 is 22.9 Å². The van der Waals surface area contributed by atoms with Gasteiger partial charge in [-0.05, 0) is 19.4 Å². The van der Waals surface area contributed by atoms with Crippen molar-refractivity contribution in [2.45, 2.75) is 25.9 Å². The van der Waals surface area contributed by atoms with Crippen LogP contribution in [-0.2, 0) is 17.9 Å². The van der Waals surface area contributed by atoms with Crippen molar-refractivity contribution >= 4 is 28.8 Å². The molecule has 0 radical (unpaired) electrons. The van der Waals surface area contributed by atoms with Crippen LogP contribution < -0.4 is 0 Å². The van der Waals surface area contributed by atoms with Gasteiger partial charge in [0.2, 0.25) is 5.91 Å². The lowest BCUT2D eigenvalue weighted by atomic mass is 9.72. The Morgan fingerprint density at radius 2 is 2.12 bits per heavy atom. The first-order chi connectivity index (χ1) is 11.6. The molecule has 2 aliphatic rings. The average molecular weight is 364 g/mol. The van der Waals surface area contributed by atoms with Gasteiger partial charge in [-0.1, -0.05) is 11.6 Å². The quantitative estimate of drug-likeness (QED) is 0.779. The van der Waals surface area contributed by atoms with Gasteiger partial charge in [0.05, 0.1) is 35.6 Å². The van der Waals surface area contributed by atoms with Crippen LogP contribution in [0.1, 0.15) is 23.4 Å².